The fourth-order valence-electron chi connectivity index (χ4n) is 2.55. The van der Waals surface area contributed by atoms with Gasteiger partial charge in [0.1, 0.15) is 0 Å². The summed E-state index contributed by atoms with van der Waals surface area (Å²) in [7, 11) is 0. The van der Waals surface area contributed by atoms with Crippen LogP contribution < -0.4 is 5.43 Å². The van der Waals surface area contributed by atoms with Crippen LogP contribution in [0.1, 0.15) is 48.8 Å². The molecular weight excluding hydrogens is 272 g/mol. The Morgan fingerprint density at radius 3 is 2.95 bits per heavy atom. The van der Waals surface area contributed by atoms with Crippen molar-refractivity contribution in [2.45, 2.75) is 45.1 Å². The molecule has 0 radical (unpaired) electrons. The van der Waals surface area contributed by atoms with Crippen LogP contribution in [-0.2, 0) is 4.74 Å². The molecule has 1 N–H and O–H groups in total. The molecule has 1 aromatic rings. The minimum absolute atomic E-state index is 0.312. The highest BCUT2D eigenvalue weighted by molar-refractivity contribution is 5.81. The quantitative estimate of drug-likeness (QED) is 0.526. The van der Waals surface area contributed by atoms with Gasteiger partial charge in [-0.25, -0.2) is 0 Å². The van der Waals surface area contributed by atoms with Crippen LogP contribution in [0.4, 0.5) is 0 Å². The largest absolute Gasteiger partial charge is 0.376 e. The molecule has 2 fully saturated rings. The van der Waals surface area contributed by atoms with Gasteiger partial charge >= 0.3 is 0 Å². The molecule has 0 bridgehead atoms. The van der Waals surface area contributed by atoms with Crippen LogP contribution in [0, 0.1) is 24.7 Å². The zero-order valence-corrected chi connectivity index (χ0v) is 13.3. The van der Waals surface area contributed by atoms with E-state index in [9.17, 15) is 0 Å². The van der Waals surface area contributed by atoms with Gasteiger partial charge in [0.15, 0.2) is 0 Å². The summed E-state index contributed by atoms with van der Waals surface area (Å²) in [6.45, 7) is 3.78. The average Bonchev–Trinajstić information content (AvgIpc) is 3.36. The fraction of sp³-hybridized carbons (Fsp3) is 0.526. The van der Waals surface area contributed by atoms with Gasteiger partial charge in [0.05, 0.1) is 18.9 Å². The Morgan fingerprint density at radius 2 is 2.23 bits per heavy atom. The van der Waals surface area contributed by atoms with E-state index in [4.69, 9.17) is 4.74 Å². The second kappa shape index (κ2) is 7.47. The van der Waals surface area contributed by atoms with E-state index in [2.05, 4.69) is 47.5 Å². The number of hydrogen-bond acceptors (Lipinski definition) is 3. The number of nitrogens with one attached hydrogen (secondary N) is 1. The Balaban J connectivity index is 1.51. The summed E-state index contributed by atoms with van der Waals surface area (Å²) in [6.07, 6.45) is 8.33. The van der Waals surface area contributed by atoms with Crippen molar-refractivity contribution in [3.63, 3.8) is 0 Å². The Morgan fingerprint density at radius 1 is 1.32 bits per heavy atom. The van der Waals surface area contributed by atoms with Gasteiger partial charge in [0.2, 0.25) is 0 Å². The molecule has 0 spiro atoms. The molecule has 1 unspecified atom stereocenters. The standard InChI is InChI=1S/C19H24N2O/c1-15-12-17(8-7-16-5-6-16)9-10-18(15)13-20-21-14-19-4-2-3-11-22-19/h9-10,12-13,16,19,21H,2-6,11,14H2,1H3. The highest BCUT2D eigenvalue weighted by Gasteiger charge is 2.17. The summed E-state index contributed by atoms with van der Waals surface area (Å²) in [5.74, 6) is 7.20. The summed E-state index contributed by atoms with van der Waals surface area (Å²) in [5, 5.41) is 4.32. The second-order valence-electron chi connectivity index (χ2n) is 6.22. The number of aryl methyl sites for hydroxylation is 1. The summed E-state index contributed by atoms with van der Waals surface area (Å²) in [4.78, 5) is 0. The third kappa shape index (κ3) is 4.61. The number of benzene rings is 1. The van der Waals surface area contributed by atoms with Crippen LogP contribution >= 0.6 is 0 Å². The van der Waals surface area contributed by atoms with Crippen molar-refractivity contribution in [2.24, 2.45) is 11.0 Å². The lowest BCUT2D eigenvalue weighted by atomic mass is 10.1. The number of rotatable bonds is 4. The van der Waals surface area contributed by atoms with E-state index in [1.807, 2.05) is 6.21 Å². The molecule has 1 aliphatic carbocycles. The maximum atomic E-state index is 5.67. The highest BCUT2D eigenvalue weighted by Crippen LogP contribution is 2.27. The maximum Gasteiger partial charge on any atom is 0.0764 e. The summed E-state index contributed by atoms with van der Waals surface area (Å²) in [6, 6.07) is 6.31. The van der Waals surface area contributed by atoms with Gasteiger partial charge in [-0.2, -0.15) is 5.10 Å². The van der Waals surface area contributed by atoms with Crippen molar-refractivity contribution < 1.29 is 4.74 Å². The molecule has 3 rings (SSSR count). The van der Waals surface area contributed by atoms with Crippen LogP contribution in [0.5, 0.6) is 0 Å². The molecule has 0 aromatic heterocycles. The Hall–Kier alpha value is -1.79. The molecule has 3 nitrogen and oxygen atoms in total. The molecule has 22 heavy (non-hydrogen) atoms. The lowest BCUT2D eigenvalue weighted by Gasteiger charge is -2.21. The van der Waals surface area contributed by atoms with E-state index >= 15 is 0 Å². The van der Waals surface area contributed by atoms with Gasteiger partial charge in [0, 0.05) is 18.1 Å². The summed E-state index contributed by atoms with van der Waals surface area (Å²) in [5.41, 5.74) is 6.56. The Bertz CT molecular complexity index is 587. The second-order valence-corrected chi connectivity index (χ2v) is 6.22. The zero-order valence-electron chi connectivity index (χ0n) is 13.3. The highest BCUT2D eigenvalue weighted by atomic mass is 16.5. The number of hydrazone groups is 1. The van der Waals surface area contributed by atoms with Gasteiger partial charge in [0.25, 0.3) is 0 Å². The predicted molar refractivity (Wildman–Crippen MR) is 90.0 cm³/mol. The van der Waals surface area contributed by atoms with Crippen LogP contribution in [0.15, 0.2) is 23.3 Å². The molecule has 3 heteroatoms. The topological polar surface area (TPSA) is 33.6 Å². The first-order valence-electron chi connectivity index (χ1n) is 8.31. The van der Waals surface area contributed by atoms with Gasteiger partial charge < -0.3 is 10.2 Å². The van der Waals surface area contributed by atoms with E-state index in [1.54, 1.807) is 0 Å². The first kappa shape index (κ1) is 15.1. The van der Waals surface area contributed by atoms with E-state index < -0.39 is 0 Å². The molecule has 1 aromatic carbocycles. The lowest BCUT2D eigenvalue weighted by molar-refractivity contribution is 0.0172. The van der Waals surface area contributed by atoms with Crippen molar-refractivity contribution >= 4 is 6.21 Å². The predicted octanol–water partition coefficient (Wildman–Crippen LogP) is 3.25. The van der Waals surface area contributed by atoms with Gasteiger partial charge in [-0.1, -0.05) is 17.9 Å². The minimum Gasteiger partial charge on any atom is -0.376 e. The summed E-state index contributed by atoms with van der Waals surface area (Å²) < 4.78 is 5.67. The third-order valence-electron chi connectivity index (χ3n) is 4.16. The van der Waals surface area contributed by atoms with Crippen molar-refractivity contribution in [1.82, 2.24) is 5.43 Å². The monoisotopic (exact) mass is 296 g/mol. The Labute approximate surface area is 133 Å². The lowest BCUT2D eigenvalue weighted by Crippen LogP contribution is -2.29. The SMILES string of the molecule is Cc1cc(C#CC2CC2)ccc1C=NNCC1CCCCO1. The minimum atomic E-state index is 0.312. The molecule has 1 aliphatic heterocycles. The molecule has 1 saturated heterocycles. The molecule has 0 amide bonds. The first-order chi connectivity index (χ1) is 10.8. The van der Waals surface area contributed by atoms with Gasteiger partial charge in [-0.3, -0.25) is 0 Å². The zero-order chi connectivity index (χ0) is 15.2. The van der Waals surface area contributed by atoms with E-state index in [0.717, 1.165) is 30.7 Å². The van der Waals surface area contributed by atoms with E-state index in [1.165, 1.54) is 31.2 Å². The molecule has 1 heterocycles. The van der Waals surface area contributed by atoms with Crippen LogP contribution in [0.3, 0.4) is 0 Å². The van der Waals surface area contributed by atoms with Crippen LogP contribution in [0.25, 0.3) is 0 Å². The van der Waals surface area contributed by atoms with Crippen LogP contribution in [0.2, 0.25) is 0 Å². The maximum absolute atomic E-state index is 5.67. The van der Waals surface area contributed by atoms with E-state index in [-0.39, 0.29) is 0 Å². The normalized spacial score (nSPS) is 21.4. The molecule has 1 atom stereocenters. The van der Waals surface area contributed by atoms with Gasteiger partial charge in [-0.15, -0.1) is 0 Å². The molecule has 116 valence electrons. The molecular formula is C19H24N2O. The van der Waals surface area contributed by atoms with Crippen LogP contribution in [-0.4, -0.2) is 25.5 Å². The molecule has 2 aliphatic rings. The van der Waals surface area contributed by atoms with E-state index in [0.29, 0.717) is 12.0 Å². The van der Waals surface area contributed by atoms with Crippen molar-refractivity contribution in [2.75, 3.05) is 13.2 Å². The number of nitrogens with zero attached hydrogens (tertiary/aromatic N) is 1. The molecule has 1 saturated carbocycles. The smallest absolute Gasteiger partial charge is 0.0764 e. The number of ether oxygens (including phenoxy) is 1. The van der Waals surface area contributed by atoms with Crippen molar-refractivity contribution in [1.29, 1.82) is 0 Å². The number of hydrogen-bond donors (Lipinski definition) is 1. The van der Waals surface area contributed by atoms with Crippen molar-refractivity contribution in [3.05, 3.63) is 34.9 Å². The van der Waals surface area contributed by atoms with Gasteiger partial charge in [-0.05, 0) is 62.3 Å². The third-order valence-corrected chi connectivity index (χ3v) is 4.16. The fourth-order valence-corrected chi connectivity index (χ4v) is 2.55. The Kier molecular flexibility index (Phi) is 5.13. The van der Waals surface area contributed by atoms with Crippen molar-refractivity contribution in [3.8, 4) is 11.8 Å². The summed E-state index contributed by atoms with van der Waals surface area (Å²) >= 11 is 0. The first-order valence-corrected chi connectivity index (χ1v) is 8.31. The average molecular weight is 296 g/mol.